The van der Waals surface area contributed by atoms with Crippen LogP contribution in [-0.4, -0.2) is 27.5 Å². The van der Waals surface area contributed by atoms with Crippen molar-refractivity contribution in [2.24, 2.45) is 0 Å². The number of hydrogen-bond donors (Lipinski definition) is 2. The van der Waals surface area contributed by atoms with Gasteiger partial charge in [0.2, 0.25) is 0 Å². The Bertz CT molecular complexity index is 1370. The summed E-state index contributed by atoms with van der Waals surface area (Å²) in [5.74, 6) is 0.0395. The summed E-state index contributed by atoms with van der Waals surface area (Å²) in [6.07, 6.45) is 5.33. The molecule has 1 atom stereocenters. The van der Waals surface area contributed by atoms with Crippen LogP contribution in [0.5, 0.6) is 5.75 Å². The van der Waals surface area contributed by atoms with Crippen molar-refractivity contribution in [3.8, 4) is 17.0 Å². The number of anilines is 1. The fraction of sp³-hybridized carbons (Fsp3) is 0.233. The molecule has 1 fully saturated rings. The van der Waals surface area contributed by atoms with Crippen LogP contribution in [0.25, 0.3) is 11.3 Å². The zero-order chi connectivity index (χ0) is 25.8. The molecule has 1 saturated carbocycles. The van der Waals surface area contributed by atoms with E-state index in [0.717, 1.165) is 30.4 Å². The largest absolute Gasteiger partial charge is 0.490 e. The summed E-state index contributed by atoms with van der Waals surface area (Å²) < 4.78 is 21.7. The second kappa shape index (κ2) is 10.9. The summed E-state index contributed by atoms with van der Waals surface area (Å²) in [4.78, 5) is 20.8. The Morgan fingerprint density at radius 1 is 1.03 bits per heavy atom. The lowest BCUT2D eigenvalue weighted by Crippen LogP contribution is -2.14. The number of carbonyl (C=O) groups excluding carboxylic acids is 1. The maximum Gasteiger partial charge on any atom is 0.195 e. The number of aromatic nitrogens is 2. The predicted octanol–water partition coefficient (Wildman–Crippen LogP) is 5.67. The number of carbonyl (C=O) groups is 1. The lowest BCUT2D eigenvalue weighted by Gasteiger charge is -2.28. The average Bonchev–Trinajstić information content (AvgIpc) is 2.90. The van der Waals surface area contributed by atoms with Crippen molar-refractivity contribution in [1.82, 2.24) is 9.97 Å². The van der Waals surface area contributed by atoms with Gasteiger partial charge >= 0.3 is 0 Å². The Balaban J connectivity index is 1.28. The molecule has 188 valence electrons. The molecule has 0 radical (unpaired) electrons. The van der Waals surface area contributed by atoms with E-state index in [1.807, 2.05) is 24.3 Å². The van der Waals surface area contributed by atoms with E-state index < -0.39 is 11.9 Å². The highest BCUT2D eigenvalue weighted by molar-refractivity contribution is 5.99. The minimum atomic E-state index is -1.23. The smallest absolute Gasteiger partial charge is 0.195 e. The van der Waals surface area contributed by atoms with Gasteiger partial charge in [0.25, 0.3) is 0 Å². The first kappa shape index (κ1) is 24.6. The molecule has 37 heavy (non-hydrogen) atoms. The van der Waals surface area contributed by atoms with Crippen molar-refractivity contribution in [3.63, 3.8) is 0 Å². The van der Waals surface area contributed by atoms with E-state index >= 15 is 4.39 Å². The fourth-order valence-electron chi connectivity index (χ4n) is 4.48. The van der Waals surface area contributed by atoms with Gasteiger partial charge in [0.1, 0.15) is 11.9 Å². The van der Waals surface area contributed by atoms with Crippen molar-refractivity contribution in [2.75, 3.05) is 12.3 Å². The highest BCUT2D eigenvalue weighted by Crippen LogP contribution is 2.43. The van der Waals surface area contributed by atoms with Crippen molar-refractivity contribution in [1.29, 1.82) is 0 Å². The fourth-order valence-corrected chi connectivity index (χ4v) is 4.48. The molecule has 0 bridgehead atoms. The molecule has 6 nitrogen and oxygen atoms in total. The number of rotatable bonds is 9. The normalized spacial score (nSPS) is 14.1. The van der Waals surface area contributed by atoms with Crippen LogP contribution >= 0.6 is 0 Å². The molecule has 1 heterocycles. The minimum Gasteiger partial charge on any atom is -0.490 e. The molecule has 4 aromatic rings. The van der Waals surface area contributed by atoms with Gasteiger partial charge in [0, 0.05) is 23.1 Å². The first-order valence-electron chi connectivity index (χ1n) is 12.4. The number of ether oxygens (including phenoxy) is 1. The lowest BCUT2D eigenvalue weighted by atomic mass is 9.79. The average molecular weight is 498 g/mol. The molecule has 0 aliphatic heterocycles. The molecule has 1 aromatic heterocycles. The van der Waals surface area contributed by atoms with Gasteiger partial charge in [-0.2, -0.15) is 0 Å². The topological polar surface area (TPSA) is 98.3 Å². The molecule has 0 spiro atoms. The van der Waals surface area contributed by atoms with Gasteiger partial charge < -0.3 is 15.6 Å². The second-order valence-electron chi connectivity index (χ2n) is 9.27. The van der Waals surface area contributed by atoms with Gasteiger partial charge in [-0.05, 0) is 36.0 Å². The van der Waals surface area contributed by atoms with Gasteiger partial charge in [-0.3, -0.25) is 9.78 Å². The number of aliphatic hydroxyl groups is 1. The highest BCUT2D eigenvalue weighted by atomic mass is 19.1. The summed E-state index contributed by atoms with van der Waals surface area (Å²) >= 11 is 0. The third-order valence-corrected chi connectivity index (χ3v) is 6.86. The Kier molecular flexibility index (Phi) is 7.23. The Morgan fingerprint density at radius 2 is 1.78 bits per heavy atom. The summed E-state index contributed by atoms with van der Waals surface area (Å²) in [5.41, 5.74) is 9.17. The van der Waals surface area contributed by atoms with Crippen LogP contribution in [0, 0.1) is 5.82 Å². The first-order chi connectivity index (χ1) is 18.0. The van der Waals surface area contributed by atoms with E-state index in [4.69, 9.17) is 10.5 Å². The Morgan fingerprint density at radius 3 is 2.43 bits per heavy atom. The summed E-state index contributed by atoms with van der Waals surface area (Å²) in [6, 6.07) is 19.6. The maximum absolute atomic E-state index is 15.6. The van der Waals surface area contributed by atoms with Crippen LogP contribution in [0.15, 0.2) is 79.1 Å². The van der Waals surface area contributed by atoms with E-state index in [0.29, 0.717) is 34.7 Å². The molecule has 3 N–H and O–H groups in total. The van der Waals surface area contributed by atoms with E-state index in [2.05, 4.69) is 9.97 Å². The van der Waals surface area contributed by atoms with E-state index in [-0.39, 0.29) is 24.0 Å². The van der Waals surface area contributed by atoms with Crippen LogP contribution in [0.4, 0.5) is 10.2 Å². The summed E-state index contributed by atoms with van der Waals surface area (Å²) in [7, 11) is 0. The summed E-state index contributed by atoms with van der Waals surface area (Å²) in [5, 5.41) is 10.5. The Hall–Kier alpha value is -4.10. The number of hydrogen-bond acceptors (Lipinski definition) is 6. The van der Waals surface area contributed by atoms with Crippen molar-refractivity contribution < 1.29 is 19.0 Å². The molecule has 7 heteroatoms. The molecule has 1 aliphatic carbocycles. The number of ketones is 1. The predicted molar refractivity (Wildman–Crippen MR) is 140 cm³/mol. The number of nitrogens with zero attached hydrogens (tertiary/aromatic N) is 2. The monoisotopic (exact) mass is 497 g/mol. The van der Waals surface area contributed by atoms with Gasteiger partial charge in [-0.25, -0.2) is 9.37 Å². The number of benzene rings is 3. The first-order valence-corrected chi connectivity index (χ1v) is 12.4. The lowest BCUT2D eigenvalue weighted by molar-refractivity contribution is 0.0747. The maximum atomic E-state index is 15.6. The van der Waals surface area contributed by atoms with E-state index in [1.54, 1.807) is 42.5 Å². The quantitative estimate of drug-likeness (QED) is 0.289. The van der Waals surface area contributed by atoms with Gasteiger partial charge in [0.15, 0.2) is 17.3 Å². The second-order valence-corrected chi connectivity index (χ2v) is 9.27. The third-order valence-electron chi connectivity index (χ3n) is 6.86. The molecule has 1 aliphatic rings. The SMILES string of the molecule is Nc1cnc(-c2ccc(C3CCC3)c(OCCc3ccc(C(O)C(=O)c4ccccc4)cc3)c2F)cn1. The van der Waals surface area contributed by atoms with Crippen LogP contribution < -0.4 is 10.5 Å². The van der Waals surface area contributed by atoms with E-state index in [9.17, 15) is 9.90 Å². The number of halogens is 1. The molecular weight excluding hydrogens is 469 g/mol. The van der Waals surface area contributed by atoms with E-state index in [1.165, 1.54) is 12.4 Å². The zero-order valence-electron chi connectivity index (χ0n) is 20.3. The number of nitrogen functional groups attached to an aromatic ring is 1. The van der Waals surface area contributed by atoms with Crippen molar-refractivity contribution in [3.05, 3.63) is 107 Å². The zero-order valence-corrected chi connectivity index (χ0v) is 20.3. The van der Waals surface area contributed by atoms with Gasteiger partial charge in [-0.15, -0.1) is 0 Å². The number of nitrogens with two attached hydrogens (primary N) is 1. The van der Waals surface area contributed by atoms with Gasteiger partial charge in [0.05, 0.1) is 24.7 Å². The standard InChI is InChI=1S/C30H28FN3O3/c31-27-24(25-17-34-26(32)18-33-25)14-13-23(20-7-4-8-20)30(27)37-16-15-19-9-11-22(12-10-19)29(36)28(35)21-5-2-1-3-6-21/h1-3,5-6,9-14,17-18,20,29,36H,4,7-8,15-16H2,(H2,32,34). The highest BCUT2D eigenvalue weighted by Gasteiger charge is 2.27. The van der Waals surface area contributed by atoms with Crippen LogP contribution in [0.1, 0.15) is 58.3 Å². The molecule has 0 amide bonds. The molecular formula is C30H28FN3O3. The number of aliphatic hydroxyl groups excluding tert-OH is 1. The third kappa shape index (κ3) is 5.37. The Labute approximate surface area is 215 Å². The molecule has 0 saturated heterocycles. The van der Waals surface area contributed by atoms with Crippen molar-refractivity contribution >= 4 is 11.6 Å². The summed E-state index contributed by atoms with van der Waals surface area (Å²) in [6.45, 7) is 0.276. The minimum absolute atomic E-state index is 0.265. The molecule has 5 rings (SSSR count). The van der Waals surface area contributed by atoms with Crippen LogP contribution in [0.3, 0.4) is 0 Å². The van der Waals surface area contributed by atoms with Crippen molar-refractivity contribution in [2.45, 2.75) is 37.7 Å². The molecule has 3 aromatic carbocycles. The number of Topliss-reactive ketones (excluding diaryl/α,β-unsaturated/α-hetero) is 1. The van der Waals surface area contributed by atoms with Crippen LogP contribution in [0.2, 0.25) is 0 Å². The van der Waals surface area contributed by atoms with Gasteiger partial charge in [-0.1, -0.05) is 67.1 Å². The van der Waals surface area contributed by atoms with Crippen LogP contribution in [-0.2, 0) is 6.42 Å². The molecule has 1 unspecified atom stereocenters.